The van der Waals surface area contributed by atoms with Gasteiger partial charge in [0.15, 0.2) is 17.3 Å². The maximum atomic E-state index is 6.10. The van der Waals surface area contributed by atoms with Crippen LogP contribution in [0.25, 0.3) is 11.4 Å². The summed E-state index contributed by atoms with van der Waals surface area (Å²) in [6.45, 7) is 6.84. The highest BCUT2D eigenvalue weighted by Gasteiger charge is 2.49. The van der Waals surface area contributed by atoms with Crippen molar-refractivity contribution in [3.05, 3.63) is 18.2 Å². The van der Waals surface area contributed by atoms with Gasteiger partial charge in [0.2, 0.25) is 6.79 Å². The number of tetrazole rings is 1. The standard InChI is InChI=1S/C19H25N5O4/c1-11(2)5-6-20-13-8-25-18-14(9-26-17(13)18)24-19(21-22-23-24)12-3-4-15-16(7-12)28-10-27-15/h3-4,7,11,13-14,17-18,20H,5-6,8-10H2,1-2H3. The second-order valence-electron chi connectivity index (χ2n) is 7.92. The van der Waals surface area contributed by atoms with E-state index in [1.807, 2.05) is 22.9 Å². The fraction of sp³-hybridized carbons (Fsp3) is 0.632. The molecule has 0 saturated carbocycles. The predicted octanol–water partition coefficient (Wildman–Crippen LogP) is 1.41. The first-order valence-electron chi connectivity index (χ1n) is 9.85. The zero-order chi connectivity index (χ0) is 19.1. The lowest BCUT2D eigenvalue weighted by atomic mass is 10.0. The first-order chi connectivity index (χ1) is 13.7. The van der Waals surface area contributed by atoms with Crippen molar-refractivity contribution in [1.82, 2.24) is 25.5 Å². The van der Waals surface area contributed by atoms with Crippen LogP contribution >= 0.6 is 0 Å². The fourth-order valence-corrected chi connectivity index (χ4v) is 4.06. The van der Waals surface area contributed by atoms with Gasteiger partial charge >= 0.3 is 0 Å². The first-order valence-corrected chi connectivity index (χ1v) is 9.85. The summed E-state index contributed by atoms with van der Waals surface area (Å²) in [6, 6.07) is 5.88. The smallest absolute Gasteiger partial charge is 0.231 e. The molecule has 9 nitrogen and oxygen atoms in total. The molecule has 1 aromatic carbocycles. The Labute approximate surface area is 163 Å². The maximum absolute atomic E-state index is 6.10. The van der Waals surface area contributed by atoms with Gasteiger partial charge in [-0.05, 0) is 47.5 Å². The molecule has 9 heteroatoms. The largest absolute Gasteiger partial charge is 0.454 e. The average Bonchev–Trinajstić information content (AvgIpc) is 3.45. The molecule has 5 rings (SSSR count). The molecule has 0 bridgehead atoms. The number of rotatable bonds is 6. The zero-order valence-corrected chi connectivity index (χ0v) is 16.1. The van der Waals surface area contributed by atoms with Crippen LogP contribution < -0.4 is 14.8 Å². The van der Waals surface area contributed by atoms with E-state index in [1.165, 1.54) is 0 Å². The number of nitrogens with zero attached hydrogens (tertiary/aromatic N) is 4. The number of fused-ring (bicyclic) bond motifs is 2. The molecule has 4 unspecified atom stereocenters. The van der Waals surface area contributed by atoms with Gasteiger partial charge in [-0.2, -0.15) is 0 Å². The minimum atomic E-state index is -0.0622. The maximum Gasteiger partial charge on any atom is 0.231 e. The summed E-state index contributed by atoms with van der Waals surface area (Å²) < 4.78 is 24.9. The molecule has 0 radical (unpaired) electrons. The van der Waals surface area contributed by atoms with Gasteiger partial charge in [-0.1, -0.05) is 13.8 Å². The minimum Gasteiger partial charge on any atom is -0.454 e. The third-order valence-corrected chi connectivity index (χ3v) is 5.59. The Morgan fingerprint density at radius 2 is 2.00 bits per heavy atom. The molecule has 2 aromatic rings. The zero-order valence-electron chi connectivity index (χ0n) is 16.1. The van der Waals surface area contributed by atoms with Crippen molar-refractivity contribution in [1.29, 1.82) is 0 Å². The average molecular weight is 387 g/mol. The van der Waals surface area contributed by atoms with Crippen molar-refractivity contribution in [3.63, 3.8) is 0 Å². The van der Waals surface area contributed by atoms with E-state index in [-0.39, 0.29) is 31.1 Å². The quantitative estimate of drug-likeness (QED) is 0.795. The molecule has 150 valence electrons. The highest BCUT2D eigenvalue weighted by atomic mass is 16.7. The third kappa shape index (κ3) is 3.13. The van der Waals surface area contributed by atoms with Crippen LogP contribution in [0.2, 0.25) is 0 Å². The molecule has 3 aliphatic rings. The van der Waals surface area contributed by atoms with Gasteiger partial charge in [0.05, 0.1) is 19.3 Å². The van der Waals surface area contributed by atoms with Crippen molar-refractivity contribution >= 4 is 0 Å². The van der Waals surface area contributed by atoms with Crippen LogP contribution in [0.5, 0.6) is 11.5 Å². The first kappa shape index (κ1) is 17.8. The Hall–Kier alpha value is -2.23. The summed E-state index contributed by atoms with van der Waals surface area (Å²) in [5.74, 6) is 2.79. The summed E-state index contributed by atoms with van der Waals surface area (Å²) in [4.78, 5) is 0. The molecule has 28 heavy (non-hydrogen) atoms. The lowest BCUT2D eigenvalue weighted by Crippen LogP contribution is -2.41. The number of ether oxygens (including phenoxy) is 4. The Morgan fingerprint density at radius 1 is 1.14 bits per heavy atom. The molecule has 1 N–H and O–H groups in total. The summed E-state index contributed by atoms with van der Waals surface area (Å²) in [5.41, 5.74) is 0.877. The van der Waals surface area contributed by atoms with E-state index >= 15 is 0 Å². The number of hydrogen-bond acceptors (Lipinski definition) is 8. The van der Waals surface area contributed by atoms with E-state index in [4.69, 9.17) is 18.9 Å². The number of nitrogens with one attached hydrogen (secondary N) is 1. The molecule has 0 amide bonds. The molecular formula is C19H25N5O4. The summed E-state index contributed by atoms with van der Waals surface area (Å²) in [6.07, 6.45) is 1.09. The van der Waals surface area contributed by atoms with Gasteiger partial charge < -0.3 is 24.3 Å². The third-order valence-electron chi connectivity index (χ3n) is 5.59. The van der Waals surface area contributed by atoms with Crippen molar-refractivity contribution in [3.8, 4) is 22.9 Å². The number of aromatic nitrogens is 4. The van der Waals surface area contributed by atoms with Crippen LogP contribution in [0, 0.1) is 5.92 Å². The number of benzene rings is 1. The van der Waals surface area contributed by atoms with E-state index < -0.39 is 0 Å². The Morgan fingerprint density at radius 3 is 2.89 bits per heavy atom. The monoisotopic (exact) mass is 387 g/mol. The van der Waals surface area contributed by atoms with Gasteiger partial charge in [0.1, 0.15) is 18.2 Å². The van der Waals surface area contributed by atoms with E-state index in [2.05, 4.69) is 34.7 Å². The summed E-state index contributed by atoms with van der Waals surface area (Å²) >= 11 is 0. The van der Waals surface area contributed by atoms with Crippen LogP contribution in [0.1, 0.15) is 26.3 Å². The second kappa shape index (κ2) is 7.31. The van der Waals surface area contributed by atoms with Crippen molar-refractivity contribution in [2.45, 2.75) is 44.6 Å². The molecule has 3 aliphatic heterocycles. The molecule has 4 heterocycles. The normalized spacial score (nSPS) is 28.2. The molecule has 0 aliphatic carbocycles. The minimum absolute atomic E-state index is 0.0194. The van der Waals surface area contributed by atoms with Crippen molar-refractivity contribution in [2.75, 3.05) is 26.6 Å². The predicted molar refractivity (Wildman–Crippen MR) is 99.1 cm³/mol. The molecule has 0 spiro atoms. The molecule has 4 atom stereocenters. The summed E-state index contributed by atoms with van der Waals surface area (Å²) in [7, 11) is 0. The van der Waals surface area contributed by atoms with Gasteiger partial charge in [0, 0.05) is 5.56 Å². The topological polar surface area (TPSA) is 92.6 Å². The van der Waals surface area contributed by atoms with Crippen LogP contribution in [-0.4, -0.2) is 65.0 Å². The molecule has 2 saturated heterocycles. The van der Waals surface area contributed by atoms with Crippen molar-refractivity contribution < 1.29 is 18.9 Å². The van der Waals surface area contributed by atoms with E-state index in [0.717, 1.165) is 24.3 Å². The van der Waals surface area contributed by atoms with E-state index in [0.29, 0.717) is 30.7 Å². The molecule has 2 fully saturated rings. The molecule has 1 aromatic heterocycles. The number of hydrogen-bond donors (Lipinski definition) is 1. The fourth-order valence-electron chi connectivity index (χ4n) is 4.06. The van der Waals surface area contributed by atoms with Crippen LogP contribution in [-0.2, 0) is 9.47 Å². The Kier molecular flexibility index (Phi) is 4.65. The van der Waals surface area contributed by atoms with Gasteiger partial charge in [-0.3, -0.25) is 0 Å². The Bertz CT molecular complexity index is 841. The lowest BCUT2D eigenvalue weighted by Gasteiger charge is -2.18. The summed E-state index contributed by atoms with van der Waals surface area (Å²) in [5, 5.41) is 16.0. The Balaban J connectivity index is 1.33. The van der Waals surface area contributed by atoms with Crippen molar-refractivity contribution in [2.24, 2.45) is 5.92 Å². The van der Waals surface area contributed by atoms with Gasteiger partial charge in [0.25, 0.3) is 0 Å². The second-order valence-corrected chi connectivity index (χ2v) is 7.92. The van der Waals surface area contributed by atoms with Crippen LogP contribution in [0.3, 0.4) is 0 Å². The highest BCUT2D eigenvalue weighted by Crippen LogP contribution is 2.38. The lowest BCUT2D eigenvalue weighted by molar-refractivity contribution is 0.0621. The highest BCUT2D eigenvalue weighted by molar-refractivity contribution is 5.61. The SMILES string of the molecule is CC(C)CCNC1COC2C1OCC2n1nnnc1-c1ccc2c(c1)OCO2. The van der Waals surface area contributed by atoms with Gasteiger partial charge in [-0.25, -0.2) is 4.68 Å². The van der Waals surface area contributed by atoms with Gasteiger partial charge in [-0.15, -0.1) is 5.10 Å². The van der Waals surface area contributed by atoms with E-state index in [1.54, 1.807) is 0 Å². The molecular weight excluding hydrogens is 362 g/mol. The van der Waals surface area contributed by atoms with E-state index in [9.17, 15) is 0 Å². The van der Waals surface area contributed by atoms with Crippen LogP contribution in [0.15, 0.2) is 18.2 Å². The van der Waals surface area contributed by atoms with Crippen LogP contribution in [0.4, 0.5) is 0 Å².